The van der Waals surface area contributed by atoms with Gasteiger partial charge in [-0.1, -0.05) is 0 Å². The molecule has 0 aliphatic heterocycles. The summed E-state index contributed by atoms with van der Waals surface area (Å²) in [5.74, 6) is 0.248. The number of anilines is 1. The summed E-state index contributed by atoms with van der Waals surface area (Å²) in [6.07, 6.45) is 5.82. The second-order valence-electron chi connectivity index (χ2n) is 4.70. The molecule has 104 valence electrons. The Bertz CT molecular complexity index is 650. The van der Waals surface area contributed by atoms with E-state index in [2.05, 4.69) is 26.2 Å². The van der Waals surface area contributed by atoms with E-state index in [1.54, 1.807) is 18.3 Å². The van der Waals surface area contributed by atoms with Crippen LogP contribution in [0.2, 0.25) is 0 Å². The molecule has 2 heterocycles. The van der Waals surface area contributed by atoms with Crippen LogP contribution >= 0.6 is 15.9 Å². The third-order valence-electron chi connectivity index (χ3n) is 3.20. The molecule has 1 amide bonds. The van der Waals surface area contributed by atoms with Crippen molar-refractivity contribution in [2.24, 2.45) is 0 Å². The number of pyridine rings is 1. The largest absolute Gasteiger partial charge is 0.480 e. The highest BCUT2D eigenvalue weighted by molar-refractivity contribution is 9.10. The Morgan fingerprint density at radius 2 is 2.35 bits per heavy atom. The van der Waals surface area contributed by atoms with Crippen molar-refractivity contribution in [1.82, 2.24) is 9.55 Å². The minimum Gasteiger partial charge on any atom is -0.480 e. The molecule has 0 bridgehead atoms. The van der Waals surface area contributed by atoms with Gasteiger partial charge in [0.05, 0.1) is 7.11 Å². The van der Waals surface area contributed by atoms with Gasteiger partial charge in [0.15, 0.2) is 0 Å². The molecule has 2 aromatic heterocycles. The fraction of sp³-hybridized carbons (Fsp3) is 0.286. The maximum atomic E-state index is 12.4. The molecule has 1 fully saturated rings. The van der Waals surface area contributed by atoms with Crippen molar-refractivity contribution in [3.63, 3.8) is 0 Å². The molecule has 5 nitrogen and oxygen atoms in total. The number of ether oxygens (including phenoxy) is 1. The lowest BCUT2D eigenvalue weighted by molar-refractivity contribution is 0.101. The summed E-state index contributed by atoms with van der Waals surface area (Å²) in [6, 6.07) is 5.80. The van der Waals surface area contributed by atoms with E-state index in [9.17, 15) is 4.79 Å². The number of hydrogen-bond acceptors (Lipinski definition) is 3. The number of aromatic nitrogens is 2. The smallest absolute Gasteiger partial charge is 0.272 e. The molecule has 0 atom stereocenters. The Morgan fingerprint density at radius 3 is 3.05 bits per heavy atom. The van der Waals surface area contributed by atoms with Crippen LogP contribution in [0.1, 0.15) is 29.4 Å². The predicted octanol–water partition coefficient (Wildman–Crippen LogP) is 3.24. The molecule has 0 aromatic carbocycles. The van der Waals surface area contributed by atoms with Crippen molar-refractivity contribution in [1.29, 1.82) is 0 Å². The Hall–Kier alpha value is -1.82. The maximum absolute atomic E-state index is 12.4. The van der Waals surface area contributed by atoms with E-state index in [-0.39, 0.29) is 5.91 Å². The molecule has 0 unspecified atom stereocenters. The van der Waals surface area contributed by atoms with Crippen LogP contribution in [0.3, 0.4) is 0 Å². The van der Waals surface area contributed by atoms with Gasteiger partial charge >= 0.3 is 0 Å². The highest BCUT2D eigenvalue weighted by Crippen LogP contribution is 2.37. The van der Waals surface area contributed by atoms with Crippen LogP contribution in [0.25, 0.3) is 0 Å². The molecule has 20 heavy (non-hydrogen) atoms. The molecule has 0 spiro atoms. The van der Waals surface area contributed by atoms with Crippen LogP contribution in [0.5, 0.6) is 5.88 Å². The highest BCUT2D eigenvalue weighted by atomic mass is 79.9. The Kier molecular flexibility index (Phi) is 3.48. The molecule has 0 saturated heterocycles. The summed E-state index contributed by atoms with van der Waals surface area (Å²) in [4.78, 5) is 16.5. The van der Waals surface area contributed by atoms with Crippen LogP contribution in [0.15, 0.2) is 35.1 Å². The van der Waals surface area contributed by atoms with Crippen molar-refractivity contribution < 1.29 is 9.53 Å². The number of amides is 1. The fourth-order valence-electron chi connectivity index (χ4n) is 2.12. The number of rotatable bonds is 4. The van der Waals surface area contributed by atoms with Gasteiger partial charge in [0, 0.05) is 22.9 Å². The molecule has 0 radical (unpaired) electrons. The Balaban J connectivity index is 1.86. The molecule has 3 rings (SSSR count). The third-order valence-corrected chi connectivity index (χ3v) is 3.63. The first-order valence-corrected chi connectivity index (χ1v) is 7.16. The number of halogens is 1. The fourth-order valence-corrected chi connectivity index (χ4v) is 2.55. The van der Waals surface area contributed by atoms with E-state index in [4.69, 9.17) is 4.74 Å². The van der Waals surface area contributed by atoms with Gasteiger partial charge in [-0.2, -0.15) is 0 Å². The zero-order chi connectivity index (χ0) is 14.1. The molecular formula is C14H14BrN3O2. The summed E-state index contributed by atoms with van der Waals surface area (Å²) in [5.41, 5.74) is 1.21. The quantitative estimate of drug-likeness (QED) is 0.933. The SMILES string of the molecule is COc1ncccc1NC(=O)c1cc(Br)cn1C1CC1. The third kappa shape index (κ3) is 2.56. The van der Waals surface area contributed by atoms with Crippen molar-refractivity contribution in [3.8, 4) is 5.88 Å². The van der Waals surface area contributed by atoms with E-state index in [1.807, 2.05) is 16.8 Å². The van der Waals surface area contributed by atoms with Crippen molar-refractivity contribution >= 4 is 27.5 Å². The molecule has 1 saturated carbocycles. The van der Waals surface area contributed by atoms with E-state index in [1.165, 1.54) is 7.11 Å². The van der Waals surface area contributed by atoms with Gasteiger partial charge in [-0.05, 0) is 47.0 Å². The molecule has 1 aliphatic carbocycles. The van der Waals surface area contributed by atoms with Gasteiger partial charge < -0.3 is 14.6 Å². The number of nitrogens with one attached hydrogen (secondary N) is 1. The van der Waals surface area contributed by atoms with Gasteiger partial charge in [0.1, 0.15) is 11.4 Å². The topological polar surface area (TPSA) is 56.1 Å². The van der Waals surface area contributed by atoms with Crippen LogP contribution in [0, 0.1) is 0 Å². The molecule has 2 aromatic rings. The lowest BCUT2D eigenvalue weighted by atomic mass is 10.3. The minimum absolute atomic E-state index is 0.158. The zero-order valence-corrected chi connectivity index (χ0v) is 12.6. The van der Waals surface area contributed by atoms with E-state index < -0.39 is 0 Å². The number of nitrogens with zero attached hydrogens (tertiary/aromatic N) is 2. The van der Waals surface area contributed by atoms with Gasteiger partial charge in [0.2, 0.25) is 5.88 Å². The predicted molar refractivity (Wildman–Crippen MR) is 79.1 cm³/mol. The number of carbonyl (C=O) groups is 1. The van der Waals surface area contributed by atoms with Crippen molar-refractivity contribution in [2.75, 3.05) is 12.4 Å². The number of carbonyl (C=O) groups excluding carboxylic acids is 1. The van der Waals surface area contributed by atoms with E-state index >= 15 is 0 Å². The van der Waals surface area contributed by atoms with E-state index in [0.717, 1.165) is 17.3 Å². The second kappa shape index (κ2) is 5.28. The summed E-state index contributed by atoms with van der Waals surface area (Å²) in [7, 11) is 1.53. The molecule has 1 N–H and O–H groups in total. The van der Waals surface area contributed by atoms with Crippen LogP contribution < -0.4 is 10.1 Å². The minimum atomic E-state index is -0.158. The summed E-state index contributed by atoms with van der Waals surface area (Å²) in [6.45, 7) is 0. The van der Waals surface area contributed by atoms with Gasteiger partial charge in [-0.25, -0.2) is 4.98 Å². The molecule has 6 heteroatoms. The molecule has 1 aliphatic rings. The first kappa shape index (κ1) is 13.2. The van der Waals surface area contributed by atoms with E-state index in [0.29, 0.717) is 23.3 Å². The first-order chi connectivity index (χ1) is 9.69. The summed E-state index contributed by atoms with van der Waals surface area (Å²) in [5, 5.41) is 2.85. The van der Waals surface area contributed by atoms with Crippen molar-refractivity contribution in [2.45, 2.75) is 18.9 Å². The molecular weight excluding hydrogens is 322 g/mol. The van der Waals surface area contributed by atoms with Crippen molar-refractivity contribution in [3.05, 3.63) is 40.8 Å². The van der Waals surface area contributed by atoms with Gasteiger partial charge in [-0.15, -0.1) is 0 Å². The summed E-state index contributed by atoms with van der Waals surface area (Å²) >= 11 is 3.42. The second-order valence-corrected chi connectivity index (χ2v) is 5.61. The van der Waals surface area contributed by atoms with Crippen LogP contribution in [-0.2, 0) is 0 Å². The maximum Gasteiger partial charge on any atom is 0.272 e. The Labute approximate surface area is 125 Å². The highest BCUT2D eigenvalue weighted by Gasteiger charge is 2.28. The lowest BCUT2D eigenvalue weighted by Gasteiger charge is -2.10. The van der Waals surface area contributed by atoms with Gasteiger partial charge in [-0.3, -0.25) is 4.79 Å². The average Bonchev–Trinajstić information content (AvgIpc) is 3.22. The Morgan fingerprint density at radius 1 is 1.55 bits per heavy atom. The average molecular weight is 336 g/mol. The first-order valence-electron chi connectivity index (χ1n) is 6.37. The number of methoxy groups -OCH3 is 1. The monoisotopic (exact) mass is 335 g/mol. The zero-order valence-electron chi connectivity index (χ0n) is 11.0. The van der Waals surface area contributed by atoms with Gasteiger partial charge in [0.25, 0.3) is 5.91 Å². The van der Waals surface area contributed by atoms with Crippen LogP contribution in [0.4, 0.5) is 5.69 Å². The lowest BCUT2D eigenvalue weighted by Crippen LogP contribution is -2.17. The van der Waals surface area contributed by atoms with Crippen LogP contribution in [-0.4, -0.2) is 22.6 Å². The normalized spacial score (nSPS) is 14.1. The summed E-state index contributed by atoms with van der Waals surface area (Å²) < 4.78 is 8.06. The number of hydrogen-bond donors (Lipinski definition) is 1. The standard InChI is InChI=1S/C14H14BrN3O2/c1-20-14-11(3-2-6-16-14)17-13(19)12-7-9(15)8-18(12)10-4-5-10/h2-3,6-8,10H,4-5H2,1H3,(H,17,19).